The maximum atomic E-state index is 12.4. The number of carbonyl (C=O) groups is 1. The molecule has 0 radical (unpaired) electrons. The van der Waals surface area contributed by atoms with Crippen LogP contribution in [0.4, 0.5) is 0 Å². The highest BCUT2D eigenvalue weighted by atomic mass is 16.5. The van der Waals surface area contributed by atoms with Crippen LogP contribution >= 0.6 is 0 Å². The topological polar surface area (TPSA) is 50.4 Å². The summed E-state index contributed by atoms with van der Waals surface area (Å²) in [6.07, 6.45) is 1.85. The summed E-state index contributed by atoms with van der Waals surface area (Å²) >= 11 is 0. The van der Waals surface area contributed by atoms with Crippen molar-refractivity contribution in [2.75, 3.05) is 20.2 Å². The maximum absolute atomic E-state index is 12.4. The fraction of sp³-hybridized carbons (Fsp3) is 0.611. The van der Waals surface area contributed by atoms with Gasteiger partial charge in [-0.1, -0.05) is 26.0 Å². The molecule has 1 amide bonds. The van der Waals surface area contributed by atoms with E-state index in [-0.39, 0.29) is 17.2 Å². The fourth-order valence-electron chi connectivity index (χ4n) is 2.97. The van der Waals surface area contributed by atoms with Gasteiger partial charge in [-0.2, -0.15) is 0 Å². The third-order valence-electron chi connectivity index (χ3n) is 4.55. The summed E-state index contributed by atoms with van der Waals surface area (Å²) in [6, 6.07) is 8.48. The van der Waals surface area contributed by atoms with Crippen LogP contribution in [0, 0.1) is 5.92 Å². The van der Waals surface area contributed by atoms with Crippen LogP contribution in [-0.2, 0) is 10.2 Å². The average Bonchev–Trinajstić information content (AvgIpc) is 2.52. The second-order valence-electron chi connectivity index (χ2n) is 6.91. The molecule has 4 heteroatoms. The van der Waals surface area contributed by atoms with Crippen molar-refractivity contribution in [2.24, 2.45) is 5.92 Å². The molecule has 0 aliphatic carbocycles. The molecule has 4 nitrogen and oxygen atoms in total. The second kappa shape index (κ2) is 7.14. The van der Waals surface area contributed by atoms with E-state index in [0.29, 0.717) is 12.6 Å². The Hall–Kier alpha value is -1.55. The molecule has 1 saturated heterocycles. The van der Waals surface area contributed by atoms with Gasteiger partial charge in [0.05, 0.1) is 7.11 Å². The number of methoxy groups -OCH3 is 1. The zero-order valence-electron chi connectivity index (χ0n) is 14.1. The first-order chi connectivity index (χ1) is 10.4. The van der Waals surface area contributed by atoms with Crippen LogP contribution in [0.1, 0.15) is 39.2 Å². The van der Waals surface area contributed by atoms with Gasteiger partial charge < -0.3 is 15.4 Å². The molecule has 1 fully saturated rings. The van der Waals surface area contributed by atoms with Crippen molar-refractivity contribution in [1.82, 2.24) is 10.6 Å². The lowest BCUT2D eigenvalue weighted by molar-refractivity contribution is -0.126. The predicted molar refractivity (Wildman–Crippen MR) is 89.2 cm³/mol. The molecule has 2 atom stereocenters. The number of ether oxygens (including phenoxy) is 1. The fourth-order valence-corrected chi connectivity index (χ4v) is 2.97. The molecular weight excluding hydrogens is 276 g/mol. The summed E-state index contributed by atoms with van der Waals surface area (Å²) in [7, 11) is 1.67. The molecule has 0 aromatic heterocycles. The molecular formula is C18H28N2O2. The van der Waals surface area contributed by atoms with Gasteiger partial charge in [0.15, 0.2) is 0 Å². The van der Waals surface area contributed by atoms with E-state index in [1.54, 1.807) is 7.11 Å². The van der Waals surface area contributed by atoms with Gasteiger partial charge in [0.25, 0.3) is 0 Å². The number of hydrogen-bond acceptors (Lipinski definition) is 3. The molecule has 0 spiro atoms. The van der Waals surface area contributed by atoms with Crippen molar-refractivity contribution >= 4 is 5.91 Å². The lowest BCUT2D eigenvalue weighted by Gasteiger charge is -2.30. The summed E-state index contributed by atoms with van der Waals surface area (Å²) in [5.41, 5.74) is 1.05. The van der Waals surface area contributed by atoms with E-state index in [0.717, 1.165) is 25.1 Å². The van der Waals surface area contributed by atoms with E-state index in [2.05, 4.69) is 37.5 Å². The third kappa shape index (κ3) is 4.23. The van der Waals surface area contributed by atoms with E-state index in [1.807, 2.05) is 18.2 Å². The normalized spacial score (nSPS) is 22.2. The van der Waals surface area contributed by atoms with Crippen molar-refractivity contribution in [3.63, 3.8) is 0 Å². The summed E-state index contributed by atoms with van der Waals surface area (Å²) in [6.45, 7) is 8.00. The van der Waals surface area contributed by atoms with Gasteiger partial charge >= 0.3 is 0 Å². The number of hydrogen-bond donors (Lipinski definition) is 2. The van der Waals surface area contributed by atoms with Gasteiger partial charge in [-0.05, 0) is 44.0 Å². The number of amides is 1. The van der Waals surface area contributed by atoms with Gasteiger partial charge in [-0.25, -0.2) is 0 Å². The number of rotatable bonds is 5. The molecule has 1 aromatic carbocycles. The first-order valence-electron chi connectivity index (χ1n) is 8.08. The van der Waals surface area contributed by atoms with E-state index < -0.39 is 0 Å². The van der Waals surface area contributed by atoms with Crippen LogP contribution in [0.25, 0.3) is 0 Å². The smallest absolute Gasteiger partial charge is 0.223 e. The number of benzene rings is 1. The summed E-state index contributed by atoms with van der Waals surface area (Å²) < 4.78 is 5.29. The Morgan fingerprint density at radius 3 is 2.91 bits per heavy atom. The Kier molecular flexibility index (Phi) is 5.46. The van der Waals surface area contributed by atoms with E-state index in [4.69, 9.17) is 4.74 Å². The molecule has 0 bridgehead atoms. The number of carbonyl (C=O) groups excluding carboxylic acids is 1. The van der Waals surface area contributed by atoms with Crippen LogP contribution in [0.5, 0.6) is 5.75 Å². The van der Waals surface area contributed by atoms with Crippen molar-refractivity contribution in [3.05, 3.63) is 29.8 Å². The monoisotopic (exact) mass is 304 g/mol. The summed E-state index contributed by atoms with van der Waals surface area (Å²) in [5.74, 6) is 1.17. The van der Waals surface area contributed by atoms with Crippen LogP contribution < -0.4 is 15.4 Å². The molecule has 1 aliphatic heterocycles. The molecule has 122 valence electrons. The predicted octanol–water partition coefficient (Wildman–Crippen LogP) is 2.48. The molecule has 1 heterocycles. The molecule has 2 rings (SSSR count). The van der Waals surface area contributed by atoms with Crippen molar-refractivity contribution < 1.29 is 9.53 Å². The maximum Gasteiger partial charge on any atom is 0.223 e. The highest BCUT2D eigenvalue weighted by Gasteiger charge is 2.27. The Morgan fingerprint density at radius 2 is 2.23 bits per heavy atom. The zero-order valence-corrected chi connectivity index (χ0v) is 14.1. The van der Waals surface area contributed by atoms with Gasteiger partial charge in [-0.3, -0.25) is 4.79 Å². The zero-order chi connectivity index (χ0) is 16.2. The largest absolute Gasteiger partial charge is 0.497 e. The van der Waals surface area contributed by atoms with Crippen LogP contribution in [-0.4, -0.2) is 32.1 Å². The first kappa shape index (κ1) is 16.8. The van der Waals surface area contributed by atoms with Gasteiger partial charge in [0.2, 0.25) is 5.91 Å². The highest BCUT2D eigenvalue weighted by Crippen LogP contribution is 2.26. The van der Waals surface area contributed by atoms with Crippen molar-refractivity contribution in [2.45, 2.75) is 45.1 Å². The van der Waals surface area contributed by atoms with Crippen molar-refractivity contribution in [1.29, 1.82) is 0 Å². The standard InChI is InChI=1S/C18H28N2O2/c1-13-10-14(8-9-19-13)17(21)20-12-18(2,3)15-6-5-7-16(11-15)22-4/h5-7,11,13-14,19H,8-10,12H2,1-4H3,(H,20,21)/t13-,14-/m0/s1. The molecule has 2 N–H and O–H groups in total. The van der Waals surface area contributed by atoms with E-state index in [9.17, 15) is 4.79 Å². The average molecular weight is 304 g/mol. The van der Waals surface area contributed by atoms with Gasteiger partial charge in [-0.15, -0.1) is 0 Å². The summed E-state index contributed by atoms with van der Waals surface area (Å²) in [4.78, 5) is 12.4. The molecule has 22 heavy (non-hydrogen) atoms. The highest BCUT2D eigenvalue weighted by molar-refractivity contribution is 5.79. The first-order valence-corrected chi connectivity index (χ1v) is 8.08. The minimum absolute atomic E-state index is 0.122. The Bertz CT molecular complexity index is 514. The minimum Gasteiger partial charge on any atom is -0.497 e. The quantitative estimate of drug-likeness (QED) is 0.878. The van der Waals surface area contributed by atoms with Crippen molar-refractivity contribution in [3.8, 4) is 5.75 Å². The third-order valence-corrected chi connectivity index (χ3v) is 4.55. The number of nitrogens with one attached hydrogen (secondary N) is 2. The van der Waals surface area contributed by atoms with Gasteiger partial charge in [0.1, 0.15) is 5.75 Å². The minimum atomic E-state index is -0.122. The second-order valence-corrected chi connectivity index (χ2v) is 6.91. The lowest BCUT2D eigenvalue weighted by Crippen LogP contribution is -2.45. The lowest BCUT2D eigenvalue weighted by atomic mass is 9.84. The SMILES string of the molecule is COc1cccc(C(C)(C)CNC(=O)[C@H]2CCN[C@@H](C)C2)c1. The van der Waals surface area contributed by atoms with Crippen LogP contribution in [0.2, 0.25) is 0 Å². The van der Waals surface area contributed by atoms with Crippen LogP contribution in [0.3, 0.4) is 0 Å². The van der Waals surface area contributed by atoms with E-state index in [1.165, 1.54) is 5.56 Å². The van der Waals surface area contributed by atoms with E-state index >= 15 is 0 Å². The molecule has 1 aromatic rings. The molecule has 0 saturated carbocycles. The molecule has 1 aliphatic rings. The Balaban J connectivity index is 1.95. The van der Waals surface area contributed by atoms with Crippen LogP contribution in [0.15, 0.2) is 24.3 Å². The number of piperidine rings is 1. The van der Waals surface area contributed by atoms with Gasteiger partial charge in [0, 0.05) is 23.9 Å². The summed E-state index contributed by atoms with van der Waals surface area (Å²) in [5, 5.41) is 6.53. The molecule has 0 unspecified atom stereocenters. The Morgan fingerprint density at radius 1 is 1.45 bits per heavy atom. The Labute approximate surface area is 133 Å².